The standard InChI is InChI=1S/C17H17ClN2O4/c1-10-8-14(15(23-3)9-13(10)18)20-16(21)11(2)24-17(22)12-4-6-19-7-5-12/h4-9,11H,1-3H3,(H,20,21)/t11-/m1/s1. The van der Waals surface area contributed by atoms with E-state index in [4.69, 9.17) is 21.1 Å². The van der Waals surface area contributed by atoms with Crippen LogP contribution in [0.15, 0.2) is 36.7 Å². The van der Waals surface area contributed by atoms with Gasteiger partial charge < -0.3 is 14.8 Å². The van der Waals surface area contributed by atoms with Crippen LogP contribution in [-0.2, 0) is 9.53 Å². The number of aryl methyl sites for hydroxylation is 1. The summed E-state index contributed by atoms with van der Waals surface area (Å²) in [6.07, 6.45) is 1.97. The zero-order valence-electron chi connectivity index (χ0n) is 13.5. The van der Waals surface area contributed by atoms with Crippen LogP contribution >= 0.6 is 11.6 Å². The molecule has 7 heteroatoms. The maximum Gasteiger partial charge on any atom is 0.339 e. The Balaban J connectivity index is 2.07. The Kier molecular flexibility index (Phi) is 5.76. The van der Waals surface area contributed by atoms with Gasteiger partial charge in [-0.3, -0.25) is 9.78 Å². The second-order valence-corrected chi connectivity index (χ2v) is 5.48. The second-order valence-electron chi connectivity index (χ2n) is 5.07. The molecule has 0 aliphatic rings. The molecular formula is C17H17ClN2O4. The van der Waals surface area contributed by atoms with Crippen LogP contribution in [0.4, 0.5) is 5.69 Å². The van der Waals surface area contributed by atoms with Crippen molar-refractivity contribution in [2.75, 3.05) is 12.4 Å². The summed E-state index contributed by atoms with van der Waals surface area (Å²) in [5.74, 6) is -0.650. The van der Waals surface area contributed by atoms with Gasteiger partial charge in [0.05, 0.1) is 18.4 Å². The summed E-state index contributed by atoms with van der Waals surface area (Å²) in [4.78, 5) is 28.0. The summed E-state index contributed by atoms with van der Waals surface area (Å²) >= 11 is 6.03. The van der Waals surface area contributed by atoms with E-state index >= 15 is 0 Å². The molecule has 24 heavy (non-hydrogen) atoms. The minimum atomic E-state index is -0.980. The van der Waals surface area contributed by atoms with E-state index in [1.807, 2.05) is 6.92 Å². The van der Waals surface area contributed by atoms with E-state index in [1.54, 1.807) is 12.1 Å². The first-order valence-electron chi connectivity index (χ1n) is 7.18. The van der Waals surface area contributed by atoms with Crippen LogP contribution in [0, 0.1) is 6.92 Å². The van der Waals surface area contributed by atoms with Crippen molar-refractivity contribution in [2.45, 2.75) is 20.0 Å². The molecule has 2 aromatic rings. The Morgan fingerprint density at radius 3 is 2.54 bits per heavy atom. The molecule has 6 nitrogen and oxygen atoms in total. The van der Waals surface area contributed by atoms with E-state index in [1.165, 1.54) is 38.6 Å². The molecule has 1 N–H and O–H groups in total. The number of pyridine rings is 1. The number of halogens is 1. The minimum absolute atomic E-state index is 0.324. The largest absolute Gasteiger partial charge is 0.495 e. The Bertz CT molecular complexity index is 750. The average Bonchev–Trinajstić information content (AvgIpc) is 2.58. The summed E-state index contributed by atoms with van der Waals surface area (Å²) in [5.41, 5.74) is 1.56. The molecule has 0 saturated heterocycles. The van der Waals surface area contributed by atoms with Crippen molar-refractivity contribution < 1.29 is 19.1 Å². The van der Waals surface area contributed by atoms with Crippen molar-refractivity contribution in [3.05, 3.63) is 52.8 Å². The molecule has 0 spiro atoms. The maximum absolute atomic E-state index is 12.3. The number of rotatable bonds is 5. The number of amides is 1. The molecule has 126 valence electrons. The predicted molar refractivity (Wildman–Crippen MR) is 90.5 cm³/mol. The highest BCUT2D eigenvalue weighted by Gasteiger charge is 2.20. The molecule has 1 aromatic heterocycles. The monoisotopic (exact) mass is 348 g/mol. The van der Waals surface area contributed by atoms with Crippen molar-refractivity contribution in [1.29, 1.82) is 0 Å². The van der Waals surface area contributed by atoms with Gasteiger partial charge in [0.15, 0.2) is 6.10 Å². The number of esters is 1. The number of carbonyl (C=O) groups is 2. The minimum Gasteiger partial charge on any atom is -0.495 e. The van der Waals surface area contributed by atoms with Crippen LogP contribution in [0.5, 0.6) is 5.75 Å². The molecule has 0 saturated carbocycles. The van der Waals surface area contributed by atoms with Gasteiger partial charge in [-0.25, -0.2) is 4.79 Å². The molecule has 0 unspecified atom stereocenters. The van der Waals surface area contributed by atoms with Crippen LogP contribution in [0.2, 0.25) is 5.02 Å². The summed E-state index contributed by atoms with van der Waals surface area (Å²) in [6, 6.07) is 6.33. The fourth-order valence-electron chi connectivity index (χ4n) is 1.93. The fraction of sp³-hybridized carbons (Fsp3) is 0.235. The highest BCUT2D eigenvalue weighted by atomic mass is 35.5. The quantitative estimate of drug-likeness (QED) is 0.839. The number of nitrogens with one attached hydrogen (secondary N) is 1. The molecule has 0 aliphatic heterocycles. The van der Waals surface area contributed by atoms with Crippen molar-refractivity contribution in [3.63, 3.8) is 0 Å². The van der Waals surface area contributed by atoms with Crippen LogP contribution in [0.3, 0.4) is 0 Å². The zero-order chi connectivity index (χ0) is 17.7. The Morgan fingerprint density at radius 1 is 1.25 bits per heavy atom. The smallest absolute Gasteiger partial charge is 0.339 e. The lowest BCUT2D eigenvalue weighted by Gasteiger charge is -2.16. The summed E-state index contributed by atoms with van der Waals surface area (Å²) in [7, 11) is 1.48. The van der Waals surface area contributed by atoms with Crippen LogP contribution in [0.1, 0.15) is 22.8 Å². The van der Waals surface area contributed by atoms with E-state index in [2.05, 4.69) is 10.3 Å². The third kappa shape index (κ3) is 4.23. The lowest BCUT2D eigenvalue weighted by Crippen LogP contribution is -2.30. The number of hydrogen-bond acceptors (Lipinski definition) is 5. The summed E-state index contributed by atoms with van der Waals surface area (Å²) in [6.45, 7) is 3.30. The van der Waals surface area contributed by atoms with Crippen molar-refractivity contribution in [3.8, 4) is 5.75 Å². The second kappa shape index (κ2) is 7.79. The number of benzene rings is 1. The van der Waals surface area contributed by atoms with Gasteiger partial charge in [-0.15, -0.1) is 0 Å². The molecule has 1 atom stereocenters. The van der Waals surface area contributed by atoms with Gasteiger partial charge in [0.1, 0.15) is 5.75 Å². The van der Waals surface area contributed by atoms with Crippen molar-refractivity contribution in [2.24, 2.45) is 0 Å². The molecule has 1 heterocycles. The third-order valence-electron chi connectivity index (χ3n) is 3.31. The third-order valence-corrected chi connectivity index (χ3v) is 3.71. The molecule has 1 aromatic carbocycles. The van der Waals surface area contributed by atoms with Gasteiger partial charge >= 0.3 is 5.97 Å². The molecular weight excluding hydrogens is 332 g/mol. The highest BCUT2D eigenvalue weighted by molar-refractivity contribution is 6.31. The lowest BCUT2D eigenvalue weighted by molar-refractivity contribution is -0.123. The number of ether oxygens (including phenoxy) is 2. The zero-order valence-corrected chi connectivity index (χ0v) is 14.3. The molecule has 0 radical (unpaired) electrons. The average molecular weight is 349 g/mol. The van der Waals surface area contributed by atoms with E-state index < -0.39 is 18.0 Å². The Morgan fingerprint density at radius 2 is 1.92 bits per heavy atom. The topological polar surface area (TPSA) is 77.5 Å². The number of aromatic nitrogens is 1. The van der Waals surface area contributed by atoms with Gasteiger partial charge in [-0.05, 0) is 37.6 Å². The van der Waals surface area contributed by atoms with Gasteiger partial charge in [-0.2, -0.15) is 0 Å². The number of anilines is 1. The van der Waals surface area contributed by atoms with Crippen LogP contribution < -0.4 is 10.1 Å². The lowest BCUT2D eigenvalue weighted by atomic mass is 10.2. The number of nitrogens with zero attached hydrogens (tertiary/aromatic N) is 1. The van der Waals surface area contributed by atoms with Crippen LogP contribution in [-0.4, -0.2) is 30.1 Å². The number of carbonyl (C=O) groups excluding carboxylic acids is 2. The van der Waals surface area contributed by atoms with Crippen LogP contribution in [0.25, 0.3) is 0 Å². The van der Waals surface area contributed by atoms with Crippen molar-refractivity contribution in [1.82, 2.24) is 4.98 Å². The van der Waals surface area contributed by atoms with Gasteiger partial charge in [0, 0.05) is 23.5 Å². The van der Waals surface area contributed by atoms with E-state index in [0.29, 0.717) is 22.0 Å². The van der Waals surface area contributed by atoms with Crippen molar-refractivity contribution >= 4 is 29.2 Å². The summed E-state index contributed by atoms with van der Waals surface area (Å²) < 4.78 is 10.4. The summed E-state index contributed by atoms with van der Waals surface area (Å²) in [5, 5.41) is 3.20. The maximum atomic E-state index is 12.3. The molecule has 0 bridgehead atoms. The highest BCUT2D eigenvalue weighted by Crippen LogP contribution is 2.31. The van der Waals surface area contributed by atoms with Gasteiger partial charge in [0.2, 0.25) is 0 Å². The van der Waals surface area contributed by atoms with Gasteiger partial charge in [0.25, 0.3) is 5.91 Å². The first-order chi connectivity index (χ1) is 11.4. The number of hydrogen-bond donors (Lipinski definition) is 1. The van der Waals surface area contributed by atoms with E-state index in [-0.39, 0.29) is 0 Å². The first kappa shape index (κ1) is 17.7. The Labute approximate surface area is 144 Å². The molecule has 0 fully saturated rings. The van der Waals surface area contributed by atoms with E-state index in [0.717, 1.165) is 5.56 Å². The molecule has 2 rings (SSSR count). The molecule has 1 amide bonds. The number of methoxy groups -OCH3 is 1. The Hall–Kier alpha value is -2.60. The first-order valence-corrected chi connectivity index (χ1v) is 7.56. The SMILES string of the molecule is COc1cc(Cl)c(C)cc1NC(=O)[C@@H](C)OC(=O)c1ccncc1. The fourth-order valence-corrected chi connectivity index (χ4v) is 2.09. The predicted octanol–water partition coefficient (Wildman–Crippen LogP) is 3.24. The molecule has 0 aliphatic carbocycles. The normalized spacial score (nSPS) is 11.5. The van der Waals surface area contributed by atoms with Gasteiger partial charge in [-0.1, -0.05) is 11.6 Å². The van der Waals surface area contributed by atoms with E-state index in [9.17, 15) is 9.59 Å².